The number of phenolic OH excluding ortho intramolecular Hbond substituents is 1. The summed E-state index contributed by atoms with van der Waals surface area (Å²) in [6, 6.07) is 2.85. The maximum Gasteiger partial charge on any atom is 0.127 e. The van der Waals surface area contributed by atoms with Crippen LogP contribution < -0.4 is 5.73 Å². The molecule has 0 saturated heterocycles. The van der Waals surface area contributed by atoms with Gasteiger partial charge in [-0.2, -0.15) is 0 Å². The van der Waals surface area contributed by atoms with Gasteiger partial charge in [0.05, 0.1) is 0 Å². The van der Waals surface area contributed by atoms with Crippen molar-refractivity contribution in [3.8, 4) is 5.75 Å². The Bertz CT molecular complexity index is 325. The number of phenols is 1. The van der Waals surface area contributed by atoms with Gasteiger partial charge in [0.25, 0.3) is 0 Å². The van der Waals surface area contributed by atoms with E-state index in [0.717, 1.165) is 6.42 Å². The Morgan fingerprint density at radius 1 is 1.50 bits per heavy atom. The van der Waals surface area contributed by atoms with E-state index in [4.69, 9.17) is 5.73 Å². The van der Waals surface area contributed by atoms with Gasteiger partial charge in [-0.3, -0.25) is 0 Å². The summed E-state index contributed by atoms with van der Waals surface area (Å²) in [6.07, 6.45) is 0.722. The first-order valence-corrected chi connectivity index (χ1v) is 4.75. The van der Waals surface area contributed by atoms with Crippen LogP contribution in [-0.2, 0) is 0 Å². The van der Waals surface area contributed by atoms with E-state index in [0.29, 0.717) is 17.7 Å². The lowest BCUT2D eigenvalue weighted by Crippen LogP contribution is -2.06. The molecule has 0 aliphatic rings. The standard InChI is InChI=1S/C11H16FNO/c1-7(3-4-13)9-6-11(14)8(2)5-10(9)12/h5-7,14H,3-4,13H2,1-2H3. The van der Waals surface area contributed by atoms with Crippen molar-refractivity contribution in [2.45, 2.75) is 26.2 Å². The number of hydrogen-bond acceptors (Lipinski definition) is 2. The van der Waals surface area contributed by atoms with Crippen LogP contribution >= 0.6 is 0 Å². The third-order valence-corrected chi connectivity index (χ3v) is 2.45. The Kier molecular flexibility index (Phi) is 3.47. The van der Waals surface area contributed by atoms with Crippen LogP contribution in [-0.4, -0.2) is 11.7 Å². The average Bonchev–Trinajstić information content (AvgIpc) is 2.11. The van der Waals surface area contributed by atoms with Gasteiger partial charge < -0.3 is 10.8 Å². The van der Waals surface area contributed by atoms with Crippen molar-refractivity contribution in [3.63, 3.8) is 0 Å². The molecule has 0 amide bonds. The van der Waals surface area contributed by atoms with E-state index in [1.54, 1.807) is 6.92 Å². The van der Waals surface area contributed by atoms with Gasteiger partial charge in [0, 0.05) is 0 Å². The molecule has 14 heavy (non-hydrogen) atoms. The minimum absolute atomic E-state index is 0.0477. The fraction of sp³-hybridized carbons (Fsp3) is 0.455. The van der Waals surface area contributed by atoms with Crippen LogP contribution in [0.15, 0.2) is 12.1 Å². The first-order chi connectivity index (χ1) is 6.56. The molecule has 0 aliphatic heterocycles. The Morgan fingerprint density at radius 2 is 2.14 bits per heavy atom. The number of benzene rings is 1. The Labute approximate surface area is 83.6 Å². The van der Waals surface area contributed by atoms with E-state index in [9.17, 15) is 9.50 Å². The third kappa shape index (κ3) is 2.23. The second kappa shape index (κ2) is 4.42. The number of halogens is 1. The van der Waals surface area contributed by atoms with Gasteiger partial charge in [-0.25, -0.2) is 4.39 Å². The summed E-state index contributed by atoms with van der Waals surface area (Å²) in [5.74, 6) is -0.0713. The fourth-order valence-electron chi connectivity index (χ4n) is 1.46. The molecule has 78 valence electrons. The average molecular weight is 197 g/mol. The zero-order chi connectivity index (χ0) is 10.7. The second-order valence-corrected chi connectivity index (χ2v) is 3.64. The maximum atomic E-state index is 13.5. The van der Waals surface area contributed by atoms with Gasteiger partial charge in [0.1, 0.15) is 11.6 Å². The molecule has 0 heterocycles. The minimum atomic E-state index is -0.263. The van der Waals surface area contributed by atoms with Crippen molar-refractivity contribution < 1.29 is 9.50 Å². The van der Waals surface area contributed by atoms with E-state index < -0.39 is 0 Å². The first-order valence-electron chi connectivity index (χ1n) is 4.75. The SMILES string of the molecule is Cc1cc(F)c(C(C)CCN)cc1O. The lowest BCUT2D eigenvalue weighted by Gasteiger charge is -2.12. The molecule has 0 aliphatic carbocycles. The van der Waals surface area contributed by atoms with Crippen molar-refractivity contribution in [1.82, 2.24) is 0 Å². The van der Waals surface area contributed by atoms with Crippen molar-refractivity contribution in [2.75, 3.05) is 6.54 Å². The van der Waals surface area contributed by atoms with Crippen LogP contribution in [0.3, 0.4) is 0 Å². The number of rotatable bonds is 3. The number of hydrogen-bond donors (Lipinski definition) is 2. The molecule has 1 aromatic rings. The zero-order valence-electron chi connectivity index (χ0n) is 8.55. The first kappa shape index (κ1) is 11.0. The zero-order valence-corrected chi connectivity index (χ0v) is 8.55. The summed E-state index contributed by atoms with van der Waals surface area (Å²) in [6.45, 7) is 4.10. The molecule has 3 N–H and O–H groups in total. The van der Waals surface area contributed by atoms with Crippen molar-refractivity contribution in [2.24, 2.45) is 5.73 Å². The van der Waals surface area contributed by atoms with Gasteiger partial charge in [0.2, 0.25) is 0 Å². The molecule has 2 nitrogen and oxygen atoms in total. The number of aromatic hydroxyl groups is 1. The van der Waals surface area contributed by atoms with Gasteiger partial charge in [-0.05, 0) is 49.1 Å². The fourth-order valence-corrected chi connectivity index (χ4v) is 1.46. The molecule has 0 fully saturated rings. The summed E-state index contributed by atoms with van der Waals surface area (Å²) in [5, 5.41) is 9.44. The molecule has 0 bridgehead atoms. The lowest BCUT2D eigenvalue weighted by atomic mass is 9.96. The summed E-state index contributed by atoms with van der Waals surface area (Å²) in [5.41, 5.74) is 6.50. The summed E-state index contributed by atoms with van der Waals surface area (Å²) >= 11 is 0. The normalized spacial score (nSPS) is 12.9. The highest BCUT2D eigenvalue weighted by molar-refractivity contribution is 5.37. The van der Waals surface area contributed by atoms with Crippen LogP contribution in [0.2, 0.25) is 0 Å². The Hall–Kier alpha value is -1.09. The minimum Gasteiger partial charge on any atom is -0.508 e. The highest BCUT2D eigenvalue weighted by Gasteiger charge is 2.12. The smallest absolute Gasteiger partial charge is 0.127 e. The van der Waals surface area contributed by atoms with Gasteiger partial charge in [-0.1, -0.05) is 6.92 Å². The summed E-state index contributed by atoms with van der Waals surface area (Å²) < 4.78 is 13.5. The van der Waals surface area contributed by atoms with Crippen molar-refractivity contribution >= 4 is 0 Å². The number of nitrogens with two attached hydrogens (primary N) is 1. The van der Waals surface area contributed by atoms with Gasteiger partial charge >= 0.3 is 0 Å². The van der Waals surface area contributed by atoms with Crippen molar-refractivity contribution in [3.05, 3.63) is 29.1 Å². The van der Waals surface area contributed by atoms with Crippen LogP contribution in [0.1, 0.15) is 30.4 Å². The van der Waals surface area contributed by atoms with Crippen LogP contribution in [0.4, 0.5) is 4.39 Å². The molecule has 0 radical (unpaired) electrons. The monoisotopic (exact) mass is 197 g/mol. The summed E-state index contributed by atoms with van der Waals surface area (Å²) in [4.78, 5) is 0. The van der Waals surface area contributed by atoms with Crippen LogP contribution in [0, 0.1) is 12.7 Å². The lowest BCUT2D eigenvalue weighted by molar-refractivity contribution is 0.464. The van der Waals surface area contributed by atoms with E-state index in [2.05, 4.69) is 0 Å². The summed E-state index contributed by atoms with van der Waals surface area (Å²) in [7, 11) is 0. The number of aryl methyl sites for hydroxylation is 1. The molecule has 1 aromatic carbocycles. The van der Waals surface area contributed by atoms with Crippen LogP contribution in [0.5, 0.6) is 5.75 Å². The highest BCUT2D eigenvalue weighted by Crippen LogP contribution is 2.27. The molecule has 1 rings (SSSR count). The van der Waals surface area contributed by atoms with Crippen LogP contribution in [0.25, 0.3) is 0 Å². The predicted molar refractivity (Wildman–Crippen MR) is 54.9 cm³/mol. The van der Waals surface area contributed by atoms with E-state index in [1.807, 2.05) is 6.92 Å². The molecule has 0 aromatic heterocycles. The molecule has 1 atom stereocenters. The Morgan fingerprint density at radius 3 is 2.71 bits per heavy atom. The van der Waals surface area contributed by atoms with E-state index >= 15 is 0 Å². The highest BCUT2D eigenvalue weighted by atomic mass is 19.1. The van der Waals surface area contributed by atoms with Gasteiger partial charge in [0.15, 0.2) is 0 Å². The van der Waals surface area contributed by atoms with Crippen molar-refractivity contribution in [1.29, 1.82) is 0 Å². The quantitative estimate of drug-likeness (QED) is 0.781. The largest absolute Gasteiger partial charge is 0.508 e. The third-order valence-electron chi connectivity index (χ3n) is 2.45. The molecule has 0 spiro atoms. The maximum absolute atomic E-state index is 13.5. The van der Waals surface area contributed by atoms with E-state index in [1.165, 1.54) is 12.1 Å². The topological polar surface area (TPSA) is 46.2 Å². The molecule has 1 unspecified atom stereocenters. The predicted octanol–water partition coefficient (Wildman–Crippen LogP) is 2.29. The second-order valence-electron chi connectivity index (χ2n) is 3.64. The Balaban J connectivity index is 3.02. The molecular formula is C11H16FNO. The molecular weight excluding hydrogens is 181 g/mol. The molecule has 3 heteroatoms. The van der Waals surface area contributed by atoms with Gasteiger partial charge in [-0.15, -0.1) is 0 Å². The molecule has 0 saturated carbocycles. The van der Waals surface area contributed by atoms with E-state index in [-0.39, 0.29) is 17.5 Å².